The van der Waals surface area contributed by atoms with Crippen molar-refractivity contribution < 1.29 is 37.3 Å². The zero-order chi connectivity index (χ0) is 22.6. The zero-order valence-electron chi connectivity index (χ0n) is 16.2. The molecule has 3 aromatic rings. The number of rotatable bonds is 5. The lowest BCUT2D eigenvalue weighted by atomic mass is 10.0. The topological polar surface area (TPSA) is 72.8 Å². The number of hydrogen-bond acceptors (Lipinski definition) is 5. The summed E-state index contributed by atoms with van der Waals surface area (Å²) in [5, 5.41) is 9.35. The summed E-state index contributed by atoms with van der Waals surface area (Å²) >= 11 is 0. The summed E-state index contributed by atoms with van der Waals surface area (Å²) in [6.45, 7) is 0.737. The van der Waals surface area contributed by atoms with Gasteiger partial charge in [-0.15, -0.1) is 0 Å². The van der Waals surface area contributed by atoms with Crippen LogP contribution in [0, 0.1) is 0 Å². The monoisotopic (exact) mass is 430 g/mol. The average Bonchev–Trinajstić information content (AvgIpc) is 2.74. The van der Waals surface area contributed by atoms with Crippen molar-refractivity contribution in [2.45, 2.75) is 19.2 Å². The number of hydrogen-bond donors (Lipinski definition) is 1. The Kier molecular flexibility index (Phi) is 6.29. The molecule has 3 rings (SSSR count). The highest BCUT2D eigenvalue weighted by molar-refractivity contribution is 5.92. The van der Waals surface area contributed by atoms with E-state index < -0.39 is 24.2 Å². The summed E-state index contributed by atoms with van der Waals surface area (Å²) in [4.78, 5) is 24.1. The molecule has 0 saturated heterocycles. The van der Waals surface area contributed by atoms with Crippen LogP contribution in [0.1, 0.15) is 27.6 Å². The van der Waals surface area contributed by atoms with Crippen LogP contribution in [0.15, 0.2) is 72.8 Å². The van der Waals surface area contributed by atoms with E-state index in [0.29, 0.717) is 0 Å². The molecule has 0 aliphatic heterocycles. The number of esters is 2. The Hall–Kier alpha value is -3.81. The summed E-state index contributed by atoms with van der Waals surface area (Å²) in [7, 11) is 0. The molecule has 0 heterocycles. The van der Waals surface area contributed by atoms with Gasteiger partial charge in [0.05, 0.1) is 11.1 Å². The molecular formula is C23H17F3O5. The number of benzene rings is 3. The van der Waals surface area contributed by atoms with E-state index in [-0.39, 0.29) is 22.6 Å². The van der Waals surface area contributed by atoms with Gasteiger partial charge in [0, 0.05) is 0 Å². The van der Waals surface area contributed by atoms with Crippen LogP contribution >= 0.6 is 0 Å². The largest absolute Gasteiger partial charge is 0.508 e. The minimum absolute atomic E-state index is 0.103. The van der Waals surface area contributed by atoms with E-state index >= 15 is 0 Å². The van der Waals surface area contributed by atoms with Gasteiger partial charge in [-0.2, -0.15) is 13.2 Å². The van der Waals surface area contributed by atoms with Crippen molar-refractivity contribution in [2.75, 3.05) is 0 Å². The molecule has 1 N–H and O–H groups in total. The highest BCUT2D eigenvalue weighted by atomic mass is 19.4. The highest BCUT2D eigenvalue weighted by Gasteiger charge is 2.39. The number of carbonyl (C=O) groups excluding carboxylic acids is 2. The van der Waals surface area contributed by atoms with E-state index in [1.165, 1.54) is 24.3 Å². The normalized spacial score (nSPS) is 12.1. The molecule has 0 aromatic heterocycles. The predicted molar refractivity (Wildman–Crippen MR) is 106 cm³/mol. The Bertz CT molecular complexity index is 1060. The Balaban J connectivity index is 1.63. The summed E-state index contributed by atoms with van der Waals surface area (Å²) in [5.41, 5.74) is 1.88. The third kappa shape index (κ3) is 5.63. The van der Waals surface area contributed by atoms with Crippen molar-refractivity contribution in [3.63, 3.8) is 0 Å². The van der Waals surface area contributed by atoms with Gasteiger partial charge in [0.15, 0.2) is 6.10 Å². The number of halogens is 3. The van der Waals surface area contributed by atoms with Crippen molar-refractivity contribution in [3.05, 3.63) is 83.9 Å². The molecule has 0 aliphatic carbocycles. The smallest absolute Gasteiger partial charge is 0.425 e. The van der Waals surface area contributed by atoms with Crippen molar-refractivity contribution in [2.24, 2.45) is 0 Å². The molecule has 0 radical (unpaired) electrons. The standard InChI is InChI=1S/C23H17F3O5/c1-14(23(24,25)26)30-21(28)18-8-12-20(13-9-18)31-22(29)17-4-2-15(3-5-17)16-6-10-19(27)11-7-16/h2-14,27H,1H3. The highest BCUT2D eigenvalue weighted by Crippen LogP contribution is 2.25. The van der Waals surface area contributed by atoms with Crippen LogP contribution < -0.4 is 4.74 Å². The molecule has 0 bridgehead atoms. The maximum absolute atomic E-state index is 12.5. The van der Waals surface area contributed by atoms with E-state index in [1.807, 2.05) is 0 Å². The quantitative estimate of drug-likeness (QED) is 0.434. The number of ether oxygens (including phenoxy) is 2. The van der Waals surface area contributed by atoms with Crippen LogP contribution in [0.25, 0.3) is 11.1 Å². The van der Waals surface area contributed by atoms with Gasteiger partial charge >= 0.3 is 18.1 Å². The second-order valence-corrected chi connectivity index (χ2v) is 6.63. The fraction of sp³-hybridized carbons (Fsp3) is 0.130. The summed E-state index contributed by atoms with van der Waals surface area (Å²) < 4.78 is 47.0. The predicted octanol–water partition coefficient (Wildman–Crippen LogP) is 5.39. The minimum Gasteiger partial charge on any atom is -0.508 e. The number of phenols is 1. The molecular weight excluding hydrogens is 413 g/mol. The molecule has 0 spiro atoms. The van der Waals surface area contributed by atoms with Gasteiger partial charge in [-0.05, 0) is 66.6 Å². The van der Waals surface area contributed by atoms with Crippen LogP contribution in [-0.4, -0.2) is 29.3 Å². The summed E-state index contributed by atoms with van der Waals surface area (Å²) in [5.74, 6) is -1.50. The van der Waals surface area contributed by atoms with Crippen LogP contribution in [0.2, 0.25) is 0 Å². The van der Waals surface area contributed by atoms with Gasteiger partial charge in [-0.1, -0.05) is 24.3 Å². The fourth-order valence-electron chi connectivity index (χ4n) is 2.57. The van der Waals surface area contributed by atoms with Crippen molar-refractivity contribution >= 4 is 11.9 Å². The maximum atomic E-state index is 12.5. The molecule has 0 amide bonds. The van der Waals surface area contributed by atoms with Gasteiger partial charge in [-0.3, -0.25) is 0 Å². The first-order chi connectivity index (χ1) is 14.6. The molecule has 31 heavy (non-hydrogen) atoms. The van der Waals surface area contributed by atoms with E-state index in [9.17, 15) is 27.9 Å². The lowest BCUT2D eigenvalue weighted by Crippen LogP contribution is -2.30. The molecule has 5 nitrogen and oxygen atoms in total. The molecule has 3 aromatic carbocycles. The zero-order valence-corrected chi connectivity index (χ0v) is 16.2. The van der Waals surface area contributed by atoms with Crippen molar-refractivity contribution in [1.82, 2.24) is 0 Å². The van der Waals surface area contributed by atoms with Gasteiger partial charge < -0.3 is 14.6 Å². The Labute approximate surface area is 175 Å². The first-order valence-corrected chi connectivity index (χ1v) is 9.13. The second kappa shape index (κ2) is 8.91. The lowest BCUT2D eigenvalue weighted by Gasteiger charge is -2.16. The van der Waals surface area contributed by atoms with E-state index in [2.05, 4.69) is 4.74 Å². The van der Waals surface area contributed by atoms with Gasteiger partial charge in [0.1, 0.15) is 11.5 Å². The molecule has 160 valence electrons. The number of carbonyl (C=O) groups is 2. The van der Waals surface area contributed by atoms with Gasteiger partial charge in [0.25, 0.3) is 0 Å². The molecule has 0 aliphatic rings. The third-order valence-corrected chi connectivity index (χ3v) is 4.37. The van der Waals surface area contributed by atoms with Crippen molar-refractivity contribution in [1.29, 1.82) is 0 Å². The Morgan fingerprint density at radius 2 is 1.23 bits per heavy atom. The van der Waals surface area contributed by atoms with E-state index in [1.54, 1.807) is 48.5 Å². The van der Waals surface area contributed by atoms with E-state index in [0.717, 1.165) is 18.1 Å². The molecule has 0 saturated carbocycles. The van der Waals surface area contributed by atoms with Gasteiger partial charge in [-0.25, -0.2) is 9.59 Å². The fourth-order valence-corrected chi connectivity index (χ4v) is 2.57. The van der Waals surface area contributed by atoms with Crippen LogP contribution in [-0.2, 0) is 4.74 Å². The summed E-state index contributed by atoms with van der Waals surface area (Å²) in [6, 6.07) is 18.2. The van der Waals surface area contributed by atoms with Crippen LogP contribution in [0.3, 0.4) is 0 Å². The number of alkyl halides is 3. The first kappa shape index (κ1) is 21.9. The molecule has 1 unspecified atom stereocenters. The Morgan fingerprint density at radius 1 is 0.774 bits per heavy atom. The number of phenolic OH excluding ortho intramolecular Hbond substituents is 1. The van der Waals surface area contributed by atoms with Crippen LogP contribution in [0.4, 0.5) is 13.2 Å². The molecule has 1 atom stereocenters. The molecule has 0 fully saturated rings. The van der Waals surface area contributed by atoms with Crippen molar-refractivity contribution in [3.8, 4) is 22.6 Å². The first-order valence-electron chi connectivity index (χ1n) is 9.13. The lowest BCUT2D eigenvalue weighted by molar-refractivity contribution is -0.198. The Morgan fingerprint density at radius 3 is 1.74 bits per heavy atom. The second-order valence-electron chi connectivity index (χ2n) is 6.63. The number of aromatic hydroxyl groups is 1. The molecule has 8 heteroatoms. The SMILES string of the molecule is CC(OC(=O)c1ccc(OC(=O)c2ccc(-c3ccc(O)cc3)cc2)cc1)C(F)(F)F. The average molecular weight is 430 g/mol. The van der Waals surface area contributed by atoms with E-state index in [4.69, 9.17) is 4.74 Å². The third-order valence-electron chi connectivity index (χ3n) is 4.37. The van der Waals surface area contributed by atoms with Crippen LogP contribution in [0.5, 0.6) is 11.5 Å². The summed E-state index contributed by atoms with van der Waals surface area (Å²) in [6.07, 6.45) is -6.88. The van der Waals surface area contributed by atoms with Gasteiger partial charge in [0.2, 0.25) is 0 Å². The minimum atomic E-state index is -4.65. The maximum Gasteiger partial charge on any atom is 0.425 e.